The Morgan fingerprint density at radius 3 is 2.06 bits per heavy atom. The van der Waals surface area contributed by atoms with Crippen LogP contribution in [-0.4, -0.2) is 24.8 Å². The van der Waals surface area contributed by atoms with E-state index in [1.807, 2.05) is 24.4 Å². The van der Waals surface area contributed by atoms with Crippen LogP contribution in [0.2, 0.25) is 0 Å². The van der Waals surface area contributed by atoms with E-state index in [9.17, 15) is 0 Å². The third-order valence-corrected chi connectivity index (χ3v) is 6.66. The summed E-state index contributed by atoms with van der Waals surface area (Å²) >= 11 is 0. The predicted octanol–water partition coefficient (Wildman–Crippen LogP) is 8.51. The Labute approximate surface area is 207 Å². The first-order valence-electron chi connectivity index (χ1n) is 13.7. The summed E-state index contributed by atoms with van der Waals surface area (Å²) in [5.74, 6) is 1.44. The molecule has 0 bridgehead atoms. The number of pyridine rings is 1. The highest BCUT2D eigenvalue weighted by atomic mass is 16.7. The molecule has 0 aliphatic carbocycles. The predicted molar refractivity (Wildman–Crippen MR) is 140 cm³/mol. The monoisotopic (exact) mass is 467 g/mol. The van der Waals surface area contributed by atoms with E-state index in [-0.39, 0.29) is 6.29 Å². The number of benzene rings is 1. The Kier molecular flexibility index (Phi) is 12.5. The lowest BCUT2D eigenvalue weighted by Crippen LogP contribution is -2.27. The molecule has 1 fully saturated rings. The lowest BCUT2D eigenvalue weighted by atomic mass is 10.0. The van der Waals surface area contributed by atoms with Gasteiger partial charge in [-0.25, -0.2) is 0 Å². The van der Waals surface area contributed by atoms with Gasteiger partial charge in [0.2, 0.25) is 0 Å². The van der Waals surface area contributed by atoms with Gasteiger partial charge < -0.3 is 14.2 Å². The van der Waals surface area contributed by atoms with Gasteiger partial charge in [-0.2, -0.15) is 0 Å². The van der Waals surface area contributed by atoms with E-state index in [0.717, 1.165) is 48.8 Å². The van der Waals surface area contributed by atoms with Gasteiger partial charge in [0.25, 0.3) is 0 Å². The summed E-state index contributed by atoms with van der Waals surface area (Å²) < 4.78 is 17.9. The molecule has 3 rings (SSSR count). The average Bonchev–Trinajstić information content (AvgIpc) is 2.89. The third kappa shape index (κ3) is 9.38. The number of unbranched alkanes of at least 4 members (excludes halogenated alkanes) is 9. The van der Waals surface area contributed by atoms with Gasteiger partial charge in [-0.3, -0.25) is 4.98 Å². The minimum Gasteiger partial charge on any atom is -0.494 e. The minimum atomic E-state index is -0.296. The van der Waals surface area contributed by atoms with Crippen LogP contribution in [0.1, 0.15) is 103 Å². The lowest BCUT2D eigenvalue weighted by molar-refractivity contribution is -0.206. The van der Waals surface area contributed by atoms with Crippen molar-refractivity contribution in [3.8, 4) is 17.0 Å². The Hall–Kier alpha value is -1.91. The van der Waals surface area contributed by atoms with Crippen LogP contribution >= 0.6 is 0 Å². The van der Waals surface area contributed by atoms with E-state index in [1.54, 1.807) is 0 Å². The van der Waals surface area contributed by atoms with Crippen LogP contribution in [0, 0.1) is 5.92 Å². The fourth-order valence-corrected chi connectivity index (χ4v) is 4.45. The van der Waals surface area contributed by atoms with Crippen LogP contribution in [0.15, 0.2) is 42.6 Å². The summed E-state index contributed by atoms with van der Waals surface area (Å²) in [6, 6.07) is 12.3. The van der Waals surface area contributed by atoms with Gasteiger partial charge >= 0.3 is 0 Å². The zero-order chi connectivity index (χ0) is 23.8. The smallest absolute Gasteiger partial charge is 0.185 e. The quantitative estimate of drug-likeness (QED) is 0.232. The molecule has 0 saturated carbocycles. The van der Waals surface area contributed by atoms with Crippen LogP contribution < -0.4 is 4.74 Å². The molecule has 0 amide bonds. The first kappa shape index (κ1) is 26.7. The highest BCUT2D eigenvalue weighted by molar-refractivity contribution is 5.60. The molecule has 2 aromatic rings. The molecular weight excluding hydrogens is 422 g/mol. The first-order chi connectivity index (χ1) is 16.8. The molecule has 4 heteroatoms. The maximum absolute atomic E-state index is 6.03. The Bertz CT molecular complexity index is 767. The number of ether oxygens (including phenoxy) is 3. The molecule has 0 unspecified atom stereocenters. The fraction of sp³-hybridized carbons (Fsp3) is 0.633. The zero-order valence-electron chi connectivity index (χ0n) is 21.5. The number of hydrogen-bond acceptors (Lipinski definition) is 4. The van der Waals surface area contributed by atoms with Crippen LogP contribution in [0.5, 0.6) is 5.75 Å². The van der Waals surface area contributed by atoms with E-state index >= 15 is 0 Å². The van der Waals surface area contributed by atoms with Crippen LogP contribution in [-0.2, 0) is 9.47 Å². The highest BCUT2D eigenvalue weighted by Gasteiger charge is 2.23. The van der Waals surface area contributed by atoms with Crippen molar-refractivity contribution in [2.75, 3.05) is 19.8 Å². The van der Waals surface area contributed by atoms with Crippen LogP contribution in [0.4, 0.5) is 0 Å². The topological polar surface area (TPSA) is 40.6 Å². The van der Waals surface area contributed by atoms with Crippen molar-refractivity contribution >= 4 is 0 Å². The van der Waals surface area contributed by atoms with Crippen molar-refractivity contribution in [1.29, 1.82) is 0 Å². The molecule has 1 aliphatic heterocycles. The van der Waals surface area contributed by atoms with Crippen LogP contribution in [0.3, 0.4) is 0 Å². The number of rotatable bonds is 16. The Morgan fingerprint density at radius 2 is 1.41 bits per heavy atom. The molecular formula is C30H45NO3. The molecule has 1 saturated heterocycles. The maximum Gasteiger partial charge on any atom is 0.185 e. The van der Waals surface area contributed by atoms with Crippen molar-refractivity contribution in [3.05, 3.63) is 48.2 Å². The zero-order valence-corrected chi connectivity index (χ0v) is 21.5. The normalized spacial score (nSPS) is 18.2. The largest absolute Gasteiger partial charge is 0.494 e. The van der Waals surface area contributed by atoms with Crippen molar-refractivity contribution in [1.82, 2.24) is 4.98 Å². The lowest BCUT2D eigenvalue weighted by Gasteiger charge is -2.29. The molecule has 0 N–H and O–H groups in total. The SMILES string of the molecule is CCCCCCCCC[C@H]1CO[C@H](c2ccc(-c3ccc(OCCCCCC)cc3)nc2)OC1. The van der Waals surface area contributed by atoms with Gasteiger partial charge in [-0.05, 0) is 43.2 Å². The first-order valence-corrected chi connectivity index (χ1v) is 13.7. The third-order valence-electron chi connectivity index (χ3n) is 6.66. The van der Waals surface area contributed by atoms with E-state index < -0.39 is 0 Å². The summed E-state index contributed by atoms with van der Waals surface area (Å²) in [6.07, 6.45) is 17.1. The molecule has 0 radical (unpaired) electrons. The molecule has 34 heavy (non-hydrogen) atoms. The molecule has 188 valence electrons. The molecule has 0 atom stereocenters. The fourth-order valence-electron chi connectivity index (χ4n) is 4.45. The van der Waals surface area contributed by atoms with Crippen molar-refractivity contribution in [3.63, 3.8) is 0 Å². The van der Waals surface area contributed by atoms with Gasteiger partial charge in [-0.15, -0.1) is 0 Å². The maximum atomic E-state index is 6.03. The minimum absolute atomic E-state index is 0.296. The number of hydrogen-bond donors (Lipinski definition) is 0. The molecule has 1 aromatic carbocycles. The number of nitrogens with zero attached hydrogens (tertiary/aromatic N) is 1. The summed E-state index contributed by atoms with van der Waals surface area (Å²) in [5.41, 5.74) is 3.03. The van der Waals surface area contributed by atoms with E-state index in [1.165, 1.54) is 70.6 Å². The molecule has 4 nitrogen and oxygen atoms in total. The summed E-state index contributed by atoms with van der Waals surface area (Å²) in [6.45, 7) is 6.84. The highest BCUT2D eigenvalue weighted by Crippen LogP contribution is 2.28. The second-order valence-corrected chi connectivity index (χ2v) is 9.68. The van der Waals surface area contributed by atoms with Gasteiger partial charge in [-0.1, -0.05) is 84.1 Å². The second kappa shape index (κ2) is 15.9. The Balaban J connectivity index is 1.36. The molecule has 2 heterocycles. The summed E-state index contributed by atoms with van der Waals surface area (Å²) in [7, 11) is 0. The molecule has 1 aliphatic rings. The molecule has 0 spiro atoms. The van der Waals surface area contributed by atoms with Gasteiger partial charge in [0.05, 0.1) is 25.5 Å². The summed E-state index contributed by atoms with van der Waals surface area (Å²) in [4.78, 5) is 4.66. The van der Waals surface area contributed by atoms with Crippen LogP contribution in [0.25, 0.3) is 11.3 Å². The van der Waals surface area contributed by atoms with Crippen molar-refractivity contribution in [2.45, 2.75) is 97.2 Å². The molecule has 1 aromatic heterocycles. The average molecular weight is 468 g/mol. The van der Waals surface area contributed by atoms with Gasteiger partial charge in [0.15, 0.2) is 6.29 Å². The number of aromatic nitrogens is 1. The standard InChI is InChI=1S/C30H45NO3/c1-3-5-7-9-10-11-12-14-25-23-33-30(34-24-25)27-17-20-29(31-22-27)26-15-18-28(19-16-26)32-21-13-8-6-4-2/h15-20,22,25,30H,3-14,21,23-24H2,1-2H3/t25-,30-. The Morgan fingerprint density at radius 1 is 0.765 bits per heavy atom. The van der Waals surface area contributed by atoms with Gasteiger partial charge in [0.1, 0.15) is 5.75 Å². The van der Waals surface area contributed by atoms with E-state index in [4.69, 9.17) is 14.2 Å². The van der Waals surface area contributed by atoms with E-state index in [2.05, 4.69) is 37.0 Å². The van der Waals surface area contributed by atoms with Crippen molar-refractivity contribution < 1.29 is 14.2 Å². The van der Waals surface area contributed by atoms with Crippen molar-refractivity contribution in [2.24, 2.45) is 5.92 Å². The summed E-state index contributed by atoms with van der Waals surface area (Å²) in [5, 5.41) is 0. The second-order valence-electron chi connectivity index (χ2n) is 9.68. The van der Waals surface area contributed by atoms with E-state index in [0.29, 0.717) is 5.92 Å². The van der Waals surface area contributed by atoms with Gasteiger partial charge in [0, 0.05) is 23.2 Å².